The van der Waals surface area contributed by atoms with E-state index in [1.165, 1.54) is 17.8 Å². The fourth-order valence-electron chi connectivity index (χ4n) is 0.848. The van der Waals surface area contributed by atoms with Crippen LogP contribution in [0, 0.1) is 11.7 Å². The quantitative estimate of drug-likeness (QED) is 0.783. The standard InChI is InChI=1S/C10H11FO2S/c1-7(10(12)13)6-14-9-5-3-2-4-8(9)11/h2-5,7H,6H2,1H3,(H,12,13). The number of carboxylic acids is 1. The second-order valence-electron chi connectivity index (χ2n) is 2.98. The molecule has 0 amide bonds. The molecule has 1 rings (SSSR count). The lowest BCUT2D eigenvalue weighted by Gasteiger charge is -2.05. The van der Waals surface area contributed by atoms with E-state index in [1.54, 1.807) is 25.1 Å². The van der Waals surface area contributed by atoms with E-state index in [0.717, 1.165) is 0 Å². The van der Waals surface area contributed by atoms with Gasteiger partial charge in [-0.1, -0.05) is 19.1 Å². The number of hydrogen-bond donors (Lipinski definition) is 1. The number of carbonyl (C=O) groups is 1. The number of thioether (sulfide) groups is 1. The summed E-state index contributed by atoms with van der Waals surface area (Å²) < 4.78 is 13.1. The van der Waals surface area contributed by atoms with Gasteiger partial charge < -0.3 is 5.11 Å². The van der Waals surface area contributed by atoms with Crippen LogP contribution in [0.25, 0.3) is 0 Å². The third-order valence-corrected chi connectivity index (χ3v) is 3.06. The lowest BCUT2D eigenvalue weighted by atomic mass is 10.2. The largest absolute Gasteiger partial charge is 0.481 e. The number of hydrogen-bond acceptors (Lipinski definition) is 2. The van der Waals surface area contributed by atoms with E-state index < -0.39 is 11.9 Å². The van der Waals surface area contributed by atoms with Crippen molar-refractivity contribution >= 4 is 17.7 Å². The predicted octanol–water partition coefficient (Wildman–Crippen LogP) is 2.64. The molecule has 1 N–H and O–H groups in total. The second kappa shape index (κ2) is 5.00. The molecule has 0 aliphatic heterocycles. The van der Waals surface area contributed by atoms with Gasteiger partial charge in [-0.3, -0.25) is 4.79 Å². The molecule has 0 spiro atoms. The van der Waals surface area contributed by atoms with E-state index in [1.807, 2.05) is 0 Å². The normalized spacial score (nSPS) is 12.4. The third-order valence-electron chi connectivity index (χ3n) is 1.75. The van der Waals surface area contributed by atoms with E-state index in [9.17, 15) is 9.18 Å². The number of aliphatic carboxylic acids is 1. The summed E-state index contributed by atoms with van der Waals surface area (Å²) in [5, 5.41) is 8.62. The van der Waals surface area contributed by atoms with Crippen LogP contribution in [-0.2, 0) is 4.79 Å². The summed E-state index contributed by atoms with van der Waals surface area (Å²) in [5.74, 6) is -1.22. The zero-order valence-electron chi connectivity index (χ0n) is 7.74. The van der Waals surface area contributed by atoms with E-state index in [-0.39, 0.29) is 5.82 Å². The van der Waals surface area contributed by atoms with Crippen molar-refractivity contribution in [1.82, 2.24) is 0 Å². The van der Waals surface area contributed by atoms with Crippen molar-refractivity contribution in [1.29, 1.82) is 0 Å². The van der Waals surface area contributed by atoms with Gasteiger partial charge in [0.15, 0.2) is 0 Å². The maximum absolute atomic E-state index is 13.1. The fraction of sp³-hybridized carbons (Fsp3) is 0.300. The highest BCUT2D eigenvalue weighted by Crippen LogP contribution is 2.23. The van der Waals surface area contributed by atoms with Crippen molar-refractivity contribution in [3.8, 4) is 0 Å². The molecule has 0 heterocycles. The van der Waals surface area contributed by atoms with Gasteiger partial charge >= 0.3 is 5.97 Å². The molecule has 0 aliphatic carbocycles. The van der Waals surface area contributed by atoms with Gasteiger partial charge in [0.05, 0.1) is 5.92 Å². The monoisotopic (exact) mass is 214 g/mol. The molecule has 1 aromatic carbocycles. The van der Waals surface area contributed by atoms with E-state index >= 15 is 0 Å². The molecule has 1 aromatic rings. The first-order chi connectivity index (χ1) is 6.61. The first-order valence-corrected chi connectivity index (χ1v) is 5.20. The molecule has 1 unspecified atom stereocenters. The Kier molecular flexibility index (Phi) is 3.95. The minimum absolute atomic E-state index is 0.296. The third kappa shape index (κ3) is 3.03. The number of benzene rings is 1. The Balaban J connectivity index is 2.54. The Morgan fingerprint density at radius 2 is 2.21 bits per heavy atom. The molecule has 0 aliphatic rings. The molecule has 76 valence electrons. The van der Waals surface area contributed by atoms with Crippen LogP contribution in [0.15, 0.2) is 29.2 Å². The van der Waals surface area contributed by atoms with Crippen molar-refractivity contribution in [2.45, 2.75) is 11.8 Å². The highest BCUT2D eigenvalue weighted by Gasteiger charge is 2.12. The highest BCUT2D eigenvalue weighted by molar-refractivity contribution is 7.99. The summed E-state index contributed by atoms with van der Waals surface area (Å²) in [6.45, 7) is 1.61. The van der Waals surface area contributed by atoms with Gasteiger partial charge in [0.25, 0.3) is 0 Å². The average molecular weight is 214 g/mol. The maximum Gasteiger partial charge on any atom is 0.307 e. The molecule has 14 heavy (non-hydrogen) atoms. The molecule has 0 saturated heterocycles. The molecule has 0 radical (unpaired) electrons. The summed E-state index contributed by atoms with van der Waals surface area (Å²) in [7, 11) is 0. The Morgan fingerprint density at radius 3 is 2.79 bits per heavy atom. The molecule has 0 bridgehead atoms. The van der Waals surface area contributed by atoms with Crippen molar-refractivity contribution in [2.75, 3.05) is 5.75 Å². The van der Waals surface area contributed by atoms with Crippen molar-refractivity contribution in [3.05, 3.63) is 30.1 Å². The van der Waals surface area contributed by atoms with Crippen molar-refractivity contribution in [2.24, 2.45) is 5.92 Å². The van der Waals surface area contributed by atoms with Crippen LogP contribution < -0.4 is 0 Å². The van der Waals surface area contributed by atoms with Crippen molar-refractivity contribution < 1.29 is 14.3 Å². The molecule has 1 atom stereocenters. The Bertz CT molecular complexity index is 328. The SMILES string of the molecule is CC(CSc1ccccc1F)C(=O)O. The van der Waals surface area contributed by atoms with Gasteiger partial charge in [-0.25, -0.2) is 4.39 Å². The van der Waals surface area contributed by atoms with Crippen molar-refractivity contribution in [3.63, 3.8) is 0 Å². The van der Waals surface area contributed by atoms with Crippen LogP contribution in [0.4, 0.5) is 4.39 Å². The van der Waals surface area contributed by atoms with Crippen LogP contribution >= 0.6 is 11.8 Å². The van der Waals surface area contributed by atoms with Gasteiger partial charge in [-0.05, 0) is 12.1 Å². The van der Waals surface area contributed by atoms with Gasteiger partial charge in [0, 0.05) is 10.6 Å². The molecular weight excluding hydrogens is 203 g/mol. The predicted molar refractivity (Wildman–Crippen MR) is 53.9 cm³/mol. The Hall–Kier alpha value is -1.03. The number of rotatable bonds is 4. The second-order valence-corrected chi connectivity index (χ2v) is 4.04. The minimum atomic E-state index is -0.853. The smallest absolute Gasteiger partial charge is 0.307 e. The van der Waals surface area contributed by atoms with E-state index in [4.69, 9.17) is 5.11 Å². The maximum atomic E-state index is 13.1. The van der Waals surface area contributed by atoms with Crippen LogP contribution in [-0.4, -0.2) is 16.8 Å². The van der Waals surface area contributed by atoms with Gasteiger partial charge in [0.2, 0.25) is 0 Å². The van der Waals surface area contributed by atoms with Crippen LogP contribution in [0.1, 0.15) is 6.92 Å². The molecule has 2 nitrogen and oxygen atoms in total. The molecule has 0 saturated carbocycles. The van der Waals surface area contributed by atoms with Crippen LogP contribution in [0.3, 0.4) is 0 Å². The number of halogens is 1. The zero-order valence-corrected chi connectivity index (χ0v) is 8.55. The van der Waals surface area contributed by atoms with Crippen LogP contribution in [0.5, 0.6) is 0 Å². The summed E-state index contributed by atoms with van der Waals surface area (Å²) in [6, 6.07) is 6.36. The van der Waals surface area contributed by atoms with Gasteiger partial charge in [-0.2, -0.15) is 0 Å². The molecule has 0 aromatic heterocycles. The summed E-state index contributed by atoms with van der Waals surface area (Å²) in [4.78, 5) is 11.0. The fourth-order valence-corrected chi connectivity index (χ4v) is 1.80. The molecular formula is C10H11FO2S. The van der Waals surface area contributed by atoms with Gasteiger partial charge in [-0.15, -0.1) is 11.8 Å². The first-order valence-electron chi connectivity index (χ1n) is 4.21. The first kappa shape index (κ1) is 11.0. The lowest BCUT2D eigenvalue weighted by molar-refractivity contribution is -0.140. The topological polar surface area (TPSA) is 37.3 Å². The molecule has 4 heteroatoms. The van der Waals surface area contributed by atoms with Crippen LogP contribution in [0.2, 0.25) is 0 Å². The van der Waals surface area contributed by atoms with E-state index in [2.05, 4.69) is 0 Å². The zero-order chi connectivity index (χ0) is 10.6. The minimum Gasteiger partial charge on any atom is -0.481 e. The summed E-state index contributed by atoms with van der Waals surface area (Å²) >= 11 is 1.23. The average Bonchev–Trinajstić information content (AvgIpc) is 2.16. The summed E-state index contributed by atoms with van der Waals surface area (Å²) in [5.41, 5.74) is 0. The Labute approximate surface area is 86.1 Å². The highest BCUT2D eigenvalue weighted by atomic mass is 32.2. The lowest BCUT2D eigenvalue weighted by Crippen LogP contribution is -2.11. The number of carboxylic acid groups (broad SMARTS) is 1. The van der Waals surface area contributed by atoms with E-state index in [0.29, 0.717) is 10.6 Å². The van der Waals surface area contributed by atoms with Gasteiger partial charge in [0.1, 0.15) is 5.82 Å². The molecule has 0 fully saturated rings. The summed E-state index contributed by atoms with van der Waals surface area (Å²) in [6.07, 6.45) is 0. The Morgan fingerprint density at radius 1 is 1.57 bits per heavy atom.